The van der Waals surface area contributed by atoms with E-state index >= 15 is 0 Å². The lowest BCUT2D eigenvalue weighted by molar-refractivity contribution is 0.0494. The zero-order valence-corrected chi connectivity index (χ0v) is 17.9. The smallest absolute Gasteiger partial charge is 0.408 e. The summed E-state index contributed by atoms with van der Waals surface area (Å²) in [5.74, 6) is 0.484. The van der Waals surface area contributed by atoms with Crippen molar-refractivity contribution < 1.29 is 18.3 Å². The fourth-order valence-electron chi connectivity index (χ4n) is 2.69. The third-order valence-electron chi connectivity index (χ3n) is 3.95. The van der Waals surface area contributed by atoms with E-state index < -0.39 is 17.7 Å². The highest BCUT2D eigenvalue weighted by Crippen LogP contribution is 2.25. The van der Waals surface area contributed by atoms with E-state index in [1.807, 2.05) is 36.4 Å². The Balaban J connectivity index is 1.71. The number of alkyl carbamates (subject to hydrolysis) is 1. The molecule has 0 aliphatic rings. The van der Waals surface area contributed by atoms with Gasteiger partial charge in [-0.1, -0.05) is 54.2 Å². The molecular weight excluding hydrogens is 405 g/mol. The van der Waals surface area contributed by atoms with Crippen LogP contribution < -0.4 is 5.32 Å². The van der Waals surface area contributed by atoms with Crippen LogP contribution in [0.1, 0.15) is 43.8 Å². The van der Waals surface area contributed by atoms with Gasteiger partial charge in [-0.3, -0.25) is 0 Å². The predicted molar refractivity (Wildman–Crippen MR) is 113 cm³/mol. The summed E-state index contributed by atoms with van der Waals surface area (Å²) >= 11 is 1.30. The molecule has 8 heteroatoms. The zero-order chi connectivity index (χ0) is 21.6. The first-order valence-corrected chi connectivity index (χ1v) is 10.5. The van der Waals surface area contributed by atoms with Gasteiger partial charge in [0, 0.05) is 12.2 Å². The van der Waals surface area contributed by atoms with Gasteiger partial charge in [-0.15, -0.1) is 10.2 Å². The average molecular weight is 430 g/mol. The van der Waals surface area contributed by atoms with Crippen molar-refractivity contribution in [1.82, 2.24) is 15.5 Å². The van der Waals surface area contributed by atoms with Crippen molar-refractivity contribution in [1.29, 1.82) is 0 Å². The van der Waals surface area contributed by atoms with E-state index in [0.717, 1.165) is 11.1 Å². The van der Waals surface area contributed by atoms with Crippen molar-refractivity contribution >= 4 is 17.9 Å². The van der Waals surface area contributed by atoms with Gasteiger partial charge in [0.25, 0.3) is 5.22 Å². The van der Waals surface area contributed by atoms with Gasteiger partial charge in [-0.05, 0) is 44.0 Å². The maximum absolute atomic E-state index is 13.3. The molecule has 0 saturated heterocycles. The molecule has 30 heavy (non-hydrogen) atoms. The fourth-order valence-corrected chi connectivity index (χ4v) is 3.40. The number of carbonyl (C=O) groups excluding carboxylic acids is 1. The van der Waals surface area contributed by atoms with Crippen molar-refractivity contribution in [2.24, 2.45) is 0 Å². The van der Waals surface area contributed by atoms with Gasteiger partial charge in [0.2, 0.25) is 5.89 Å². The number of hydrogen-bond donors (Lipinski definition) is 1. The van der Waals surface area contributed by atoms with Crippen LogP contribution in [0.2, 0.25) is 0 Å². The number of aromatic nitrogens is 2. The summed E-state index contributed by atoms with van der Waals surface area (Å²) in [5.41, 5.74) is 1.19. The molecule has 0 spiro atoms. The summed E-state index contributed by atoms with van der Waals surface area (Å²) in [4.78, 5) is 12.3. The lowest BCUT2D eigenvalue weighted by Gasteiger charge is -2.22. The topological polar surface area (TPSA) is 77.2 Å². The summed E-state index contributed by atoms with van der Waals surface area (Å²) in [6.07, 6.45) is -0.0911. The van der Waals surface area contributed by atoms with E-state index in [-0.39, 0.29) is 11.7 Å². The standard InChI is InChI=1S/C22H24FN3O3S/c1-22(2,3)29-20(27)24-18(13-15-8-5-4-6-9-15)19-25-26-21(28-19)30-14-16-10-7-11-17(23)12-16/h4-12,18H,13-14H2,1-3H3,(H,24,27)/t18-/m1/s1. The van der Waals surface area contributed by atoms with Crippen LogP contribution in [0.15, 0.2) is 64.2 Å². The Bertz CT molecular complexity index is 973. The van der Waals surface area contributed by atoms with Crippen molar-refractivity contribution in [3.8, 4) is 0 Å². The maximum atomic E-state index is 13.3. The summed E-state index contributed by atoms with van der Waals surface area (Å²) in [6, 6.07) is 15.5. The molecule has 0 radical (unpaired) electrons. The number of carbonyl (C=O) groups is 1. The molecule has 1 amide bonds. The average Bonchev–Trinajstić information content (AvgIpc) is 3.14. The Labute approximate surface area is 179 Å². The molecule has 3 rings (SSSR count). The van der Waals surface area contributed by atoms with Crippen molar-refractivity contribution in [2.45, 2.75) is 49.8 Å². The van der Waals surface area contributed by atoms with E-state index in [9.17, 15) is 9.18 Å². The Morgan fingerprint density at radius 1 is 1.13 bits per heavy atom. The van der Waals surface area contributed by atoms with Crippen LogP contribution in [0.5, 0.6) is 0 Å². The molecule has 1 atom stereocenters. The first kappa shape index (κ1) is 21.8. The number of hydrogen-bond acceptors (Lipinski definition) is 6. The molecule has 0 unspecified atom stereocenters. The minimum atomic E-state index is -0.623. The van der Waals surface area contributed by atoms with Gasteiger partial charge in [0.15, 0.2) is 0 Å². The summed E-state index contributed by atoms with van der Waals surface area (Å²) in [5, 5.41) is 11.3. The number of thioether (sulfide) groups is 1. The molecule has 3 aromatic rings. The Kier molecular flexibility index (Phi) is 7.10. The normalized spacial score (nSPS) is 12.4. The van der Waals surface area contributed by atoms with Gasteiger partial charge in [0.05, 0.1) is 0 Å². The SMILES string of the molecule is CC(C)(C)OC(=O)N[C@H](Cc1ccccc1)c1nnc(SCc2cccc(F)c2)o1. The highest BCUT2D eigenvalue weighted by molar-refractivity contribution is 7.98. The number of ether oxygens (including phenoxy) is 1. The summed E-state index contributed by atoms with van der Waals surface area (Å²) in [6.45, 7) is 5.39. The second-order valence-corrected chi connectivity index (χ2v) is 8.64. The number of amides is 1. The van der Waals surface area contributed by atoms with Crippen molar-refractivity contribution in [3.05, 3.63) is 77.4 Å². The quantitative estimate of drug-likeness (QED) is 0.513. The molecule has 0 saturated carbocycles. The number of nitrogens with zero attached hydrogens (tertiary/aromatic N) is 2. The summed E-state index contributed by atoms with van der Waals surface area (Å²) in [7, 11) is 0. The monoisotopic (exact) mass is 429 g/mol. The van der Waals surface area contributed by atoms with Gasteiger partial charge in [-0.25, -0.2) is 9.18 Å². The molecule has 1 heterocycles. The molecule has 1 N–H and O–H groups in total. The molecular formula is C22H24FN3O3S. The van der Waals surface area contributed by atoms with Crippen LogP contribution in [0.3, 0.4) is 0 Å². The second-order valence-electron chi connectivity index (χ2n) is 7.71. The maximum Gasteiger partial charge on any atom is 0.408 e. The third kappa shape index (κ3) is 6.88. The van der Waals surface area contributed by atoms with Crippen molar-refractivity contribution in [2.75, 3.05) is 0 Å². The van der Waals surface area contributed by atoms with E-state index in [1.54, 1.807) is 26.8 Å². The van der Waals surface area contributed by atoms with Crippen LogP contribution >= 0.6 is 11.8 Å². The fraction of sp³-hybridized carbons (Fsp3) is 0.318. The molecule has 158 valence electrons. The van der Waals surface area contributed by atoms with E-state index in [2.05, 4.69) is 15.5 Å². The first-order chi connectivity index (χ1) is 14.3. The first-order valence-electron chi connectivity index (χ1n) is 9.52. The van der Waals surface area contributed by atoms with Gasteiger partial charge in [-0.2, -0.15) is 0 Å². The van der Waals surface area contributed by atoms with Gasteiger partial charge >= 0.3 is 6.09 Å². The summed E-state index contributed by atoms with van der Waals surface area (Å²) < 4.78 is 24.5. The lowest BCUT2D eigenvalue weighted by atomic mass is 10.1. The predicted octanol–water partition coefficient (Wildman–Crippen LogP) is 5.31. The Morgan fingerprint density at radius 3 is 2.57 bits per heavy atom. The molecule has 1 aromatic heterocycles. The molecule has 6 nitrogen and oxygen atoms in total. The number of nitrogens with one attached hydrogen (secondary N) is 1. The van der Waals surface area contributed by atoms with Crippen molar-refractivity contribution in [3.63, 3.8) is 0 Å². The van der Waals surface area contributed by atoms with Crippen LogP contribution in [-0.2, 0) is 16.9 Å². The lowest BCUT2D eigenvalue weighted by Crippen LogP contribution is -2.36. The Morgan fingerprint density at radius 2 is 1.87 bits per heavy atom. The van der Waals surface area contributed by atoms with E-state index in [1.165, 1.54) is 23.9 Å². The second kappa shape index (κ2) is 9.75. The van der Waals surface area contributed by atoms with E-state index in [4.69, 9.17) is 9.15 Å². The third-order valence-corrected chi connectivity index (χ3v) is 4.83. The highest BCUT2D eigenvalue weighted by atomic mass is 32.2. The molecule has 0 aliphatic carbocycles. The van der Waals surface area contributed by atoms with Crippen LogP contribution in [0, 0.1) is 5.82 Å². The highest BCUT2D eigenvalue weighted by Gasteiger charge is 2.25. The number of benzene rings is 2. The number of rotatable bonds is 7. The minimum absolute atomic E-state index is 0.284. The van der Waals surface area contributed by atoms with Crippen LogP contribution in [0.25, 0.3) is 0 Å². The Hall–Kier alpha value is -2.87. The van der Waals surface area contributed by atoms with Gasteiger partial charge in [0.1, 0.15) is 17.5 Å². The van der Waals surface area contributed by atoms with Crippen LogP contribution in [-0.4, -0.2) is 21.9 Å². The van der Waals surface area contributed by atoms with Crippen LogP contribution in [0.4, 0.5) is 9.18 Å². The number of halogens is 1. The molecule has 0 bridgehead atoms. The molecule has 0 aliphatic heterocycles. The largest absolute Gasteiger partial charge is 0.444 e. The van der Waals surface area contributed by atoms with Gasteiger partial charge < -0.3 is 14.5 Å². The van der Waals surface area contributed by atoms with E-state index in [0.29, 0.717) is 17.4 Å². The molecule has 2 aromatic carbocycles. The minimum Gasteiger partial charge on any atom is -0.444 e. The molecule has 0 fully saturated rings. The zero-order valence-electron chi connectivity index (χ0n) is 17.1.